The lowest BCUT2D eigenvalue weighted by Gasteiger charge is -2.21. The van der Waals surface area contributed by atoms with Gasteiger partial charge in [-0.25, -0.2) is 0 Å². The number of hydrogen-bond acceptors (Lipinski definition) is 4. The summed E-state index contributed by atoms with van der Waals surface area (Å²) in [6.07, 6.45) is 0.782. The van der Waals surface area contributed by atoms with Crippen molar-refractivity contribution in [3.63, 3.8) is 0 Å². The monoisotopic (exact) mass is 228 g/mol. The summed E-state index contributed by atoms with van der Waals surface area (Å²) in [4.78, 5) is 43.5. The fourth-order valence-electron chi connectivity index (χ4n) is 1.02. The van der Waals surface area contributed by atoms with E-state index in [0.29, 0.717) is 0 Å². The molecule has 88 valence electrons. The minimum Gasteiger partial charge on any atom is -0.370 e. The van der Waals surface area contributed by atoms with E-state index in [4.69, 9.17) is 22.9 Å². The van der Waals surface area contributed by atoms with Gasteiger partial charge in [-0.15, -0.1) is 0 Å². The Morgan fingerprint density at radius 1 is 0.938 bits per heavy atom. The van der Waals surface area contributed by atoms with E-state index in [1.165, 1.54) is 0 Å². The van der Waals surface area contributed by atoms with Gasteiger partial charge in [0.05, 0.1) is 6.42 Å². The van der Waals surface area contributed by atoms with Gasteiger partial charge in [-0.05, 0) is 0 Å². The van der Waals surface area contributed by atoms with Crippen molar-refractivity contribution in [3.8, 4) is 0 Å². The largest absolute Gasteiger partial charge is 0.370 e. The molecular weight excluding hydrogens is 216 g/mol. The summed E-state index contributed by atoms with van der Waals surface area (Å²) in [5, 5.41) is 0. The smallest absolute Gasteiger partial charge is 0.241 e. The van der Waals surface area contributed by atoms with Crippen molar-refractivity contribution in [2.75, 3.05) is 0 Å². The van der Waals surface area contributed by atoms with E-state index in [0.717, 1.165) is 12.2 Å². The third-order valence-electron chi connectivity index (χ3n) is 1.86. The molecule has 0 rings (SSSR count). The van der Waals surface area contributed by atoms with Crippen molar-refractivity contribution >= 4 is 23.6 Å². The minimum atomic E-state index is -2.12. The third-order valence-corrected chi connectivity index (χ3v) is 1.86. The maximum Gasteiger partial charge on any atom is 0.241 e. The highest BCUT2D eigenvalue weighted by Crippen LogP contribution is 2.23. The zero-order chi connectivity index (χ0) is 12.9. The molecule has 0 fully saturated rings. The van der Waals surface area contributed by atoms with Gasteiger partial charge < -0.3 is 22.9 Å². The molecule has 0 aliphatic carbocycles. The molecular formula is C8H12N4O4. The zero-order valence-corrected chi connectivity index (χ0v) is 8.30. The molecule has 16 heavy (non-hydrogen) atoms. The number of primary amides is 4. The summed E-state index contributed by atoms with van der Waals surface area (Å²) in [6, 6.07) is 0. The number of rotatable bonds is 6. The molecule has 0 aliphatic heterocycles. The summed E-state index contributed by atoms with van der Waals surface area (Å²) in [5.74, 6) is -4.25. The minimum absolute atomic E-state index is 0.721. The second-order valence-corrected chi connectivity index (χ2v) is 3.08. The number of hydrogen-bond donors (Lipinski definition) is 4. The third kappa shape index (κ3) is 3.08. The van der Waals surface area contributed by atoms with Crippen molar-refractivity contribution in [1.29, 1.82) is 0 Å². The van der Waals surface area contributed by atoms with E-state index in [2.05, 4.69) is 0 Å². The summed E-state index contributed by atoms with van der Waals surface area (Å²) < 4.78 is 0. The van der Waals surface area contributed by atoms with E-state index < -0.39 is 35.5 Å². The molecule has 8 N–H and O–H groups in total. The molecule has 0 aromatic heterocycles. The Bertz CT molecular complexity index is 360. The number of carbonyl (C=O) groups is 4. The van der Waals surface area contributed by atoms with Crippen molar-refractivity contribution < 1.29 is 19.2 Å². The lowest BCUT2D eigenvalue weighted by atomic mass is 9.82. The highest BCUT2D eigenvalue weighted by atomic mass is 16.2. The molecule has 0 radical (unpaired) electrons. The van der Waals surface area contributed by atoms with Gasteiger partial charge in [-0.1, -0.05) is 6.08 Å². The van der Waals surface area contributed by atoms with Crippen LogP contribution in [0.1, 0.15) is 6.42 Å². The van der Waals surface area contributed by atoms with Crippen LogP contribution >= 0.6 is 0 Å². The van der Waals surface area contributed by atoms with Crippen LogP contribution in [0.15, 0.2) is 12.2 Å². The Balaban J connectivity index is 5.43. The Labute approximate surface area is 90.6 Å². The van der Waals surface area contributed by atoms with Crippen LogP contribution in [0.5, 0.6) is 0 Å². The standard InChI is InChI=1S/C8H12N4O4/c9-4(13)1-2-8(6(11)15,7(12)16)3-5(10)14/h1-2H,3H2,(H2,9,13)(H2,10,14)(H2,11,15)(H2,12,16). The van der Waals surface area contributed by atoms with Gasteiger partial charge in [0.25, 0.3) is 0 Å². The maximum atomic E-state index is 11.1. The average Bonchev–Trinajstić information content (AvgIpc) is 2.10. The maximum absolute atomic E-state index is 11.1. The summed E-state index contributed by atoms with van der Waals surface area (Å²) in [6.45, 7) is 0. The molecule has 0 spiro atoms. The average molecular weight is 228 g/mol. The van der Waals surface area contributed by atoms with E-state index in [-0.39, 0.29) is 0 Å². The van der Waals surface area contributed by atoms with Crippen LogP contribution in [0, 0.1) is 5.41 Å². The molecule has 0 heterocycles. The lowest BCUT2D eigenvalue weighted by molar-refractivity contribution is -0.140. The Morgan fingerprint density at radius 2 is 1.38 bits per heavy atom. The first-order valence-corrected chi connectivity index (χ1v) is 4.09. The molecule has 0 aromatic carbocycles. The topological polar surface area (TPSA) is 172 Å². The van der Waals surface area contributed by atoms with Gasteiger partial charge in [0.2, 0.25) is 23.6 Å². The molecule has 0 bridgehead atoms. The number of carbonyl (C=O) groups excluding carboxylic acids is 4. The van der Waals surface area contributed by atoms with E-state index >= 15 is 0 Å². The molecule has 0 aromatic rings. The van der Waals surface area contributed by atoms with E-state index in [9.17, 15) is 19.2 Å². The van der Waals surface area contributed by atoms with Crippen LogP contribution in [0.2, 0.25) is 0 Å². The number of amides is 4. The molecule has 8 heteroatoms. The molecule has 8 nitrogen and oxygen atoms in total. The zero-order valence-electron chi connectivity index (χ0n) is 8.30. The lowest BCUT2D eigenvalue weighted by Crippen LogP contribution is -2.48. The van der Waals surface area contributed by atoms with E-state index in [1.807, 2.05) is 0 Å². The van der Waals surface area contributed by atoms with Gasteiger partial charge in [0, 0.05) is 6.08 Å². The van der Waals surface area contributed by atoms with Crippen molar-refractivity contribution in [2.24, 2.45) is 28.3 Å². The van der Waals surface area contributed by atoms with Crippen LogP contribution in [-0.2, 0) is 19.2 Å². The van der Waals surface area contributed by atoms with Crippen molar-refractivity contribution in [2.45, 2.75) is 6.42 Å². The predicted molar refractivity (Wildman–Crippen MR) is 53.0 cm³/mol. The second kappa shape index (κ2) is 4.91. The van der Waals surface area contributed by atoms with Crippen LogP contribution in [0.3, 0.4) is 0 Å². The molecule has 0 saturated heterocycles. The molecule has 0 aliphatic rings. The predicted octanol–water partition coefficient (Wildman–Crippen LogP) is -3.14. The first kappa shape index (κ1) is 13.6. The van der Waals surface area contributed by atoms with E-state index in [1.54, 1.807) is 0 Å². The Kier molecular flexibility index (Phi) is 4.18. The fraction of sp³-hybridized carbons (Fsp3) is 0.250. The van der Waals surface area contributed by atoms with Crippen LogP contribution in [-0.4, -0.2) is 23.6 Å². The molecule has 0 saturated carbocycles. The van der Waals surface area contributed by atoms with Gasteiger partial charge in [0.1, 0.15) is 0 Å². The molecule has 4 amide bonds. The summed E-state index contributed by atoms with van der Waals surface area (Å²) >= 11 is 0. The number of nitrogens with two attached hydrogens (primary N) is 4. The summed E-state index contributed by atoms with van der Waals surface area (Å²) in [5.41, 5.74) is 17.4. The van der Waals surface area contributed by atoms with Gasteiger partial charge in [-0.2, -0.15) is 0 Å². The molecule has 0 atom stereocenters. The summed E-state index contributed by atoms with van der Waals surface area (Å²) in [7, 11) is 0. The van der Waals surface area contributed by atoms with Crippen LogP contribution in [0.4, 0.5) is 0 Å². The normalized spacial score (nSPS) is 11.2. The van der Waals surface area contributed by atoms with Gasteiger partial charge in [0.15, 0.2) is 5.41 Å². The van der Waals surface area contributed by atoms with Crippen molar-refractivity contribution in [3.05, 3.63) is 12.2 Å². The second-order valence-electron chi connectivity index (χ2n) is 3.08. The van der Waals surface area contributed by atoms with Crippen molar-refractivity contribution in [1.82, 2.24) is 0 Å². The molecule has 0 unspecified atom stereocenters. The Hall–Kier alpha value is -2.38. The van der Waals surface area contributed by atoms with Crippen LogP contribution < -0.4 is 22.9 Å². The first-order chi connectivity index (χ1) is 7.22. The quantitative estimate of drug-likeness (QED) is 0.278. The highest BCUT2D eigenvalue weighted by Gasteiger charge is 2.42. The van der Waals surface area contributed by atoms with Gasteiger partial charge >= 0.3 is 0 Å². The first-order valence-electron chi connectivity index (χ1n) is 4.09. The highest BCUT2D eigenvalue weighted by molar-refractivity contribution is 6.09. The van der Waals surface area contributed by atoms with Crippen LogP contribution in [0.25, 0.3) is 0 Å². The SMILES string of the molecule is NC(=O)C=CC(CC(N)=O)(C(N)=O)C(N)=O. The van der Waals surface area contributed by atoms with Gasteiger partial charge in [-0.3, -0.25) is 19.2 Å². The Morgan fingerprint density at radius 3 is 1.62 bits per heavy atom. The fourth-order valence-corrected chi connectivity index (χ4v) is 1.02.